The van der Waals surface area contributed by atoms with Gasteiger partial charge in [0, 0.05) is 42.1 Å². The number of ether oxygens (including phenoxy) is 1. The van der Waals surface area contributed by atoms with Crippen LogP contribution in [0.2, 0.25) is 0 Å². The first kappa shape index (κ1) is 21.6. The summed E-state index contributed by atoms with van der Waals surface area (Å²) >= 11 is 0. The van der Waals surface area contributed by atoms with Crippen LogP contribution in [-0.4, -0.2) is 47.9 Å². The number of methoxy groups -OCH3 is 1. The van der Waals surface area contributed by atoms with Gasteiger partial charge in [0.25, 0.3) is 0 Å². The number of hydrogen-bond donors (Lipinski definition) is 2. The van der Waals surface area contributed by atoms with Crippen molar-refractivity contribution in [3.8, 4) is 17.0 Å². The molecule has 6 heteroatoms. The molecule has 6 nitrogen and oxygen atoms in total. The van der Waals surface area contributed by atoms with Crippen LogP contribution in [0.4, 0.5) is 0 Å². The zero-order chi connectivity index (χ0) is 22.8. The third-order valence-corrected chi connectivity index (χ3v) is 6.85. The van der Waals surface area contributed by atoms with Gasteiger partial charge in [0.15, 0.2) is 0 Å². The van der Waals surface area contributed by atoms with Gasteiger partial charge in [-0.2, -0.15) is 0 Å². The number of amides is 2. The smallest absolute Gasteiger partial charge is 0.225 e. The summed E-state index contributed by atoms with van der Waals surface area (Å²) in [6.07, 6.45) is 5.01. The number of likely N-dealkylation sites (tertiary alicyclic amines) is 1. The molecule has 1 aliphatic carbocycles. The largest absolute Gasteiger partial charge is 0.497 e. The molecular weight excluding hydrogens is 414 g/mol. The maximum atomic E-state index is 13.1. The van der Waals surface area contributed by atoms with E-state index in [-0.39, 0.29) is 17.7 Å². The molecule has 1 saturated heterocycles. The lowest BCUT2D eigenvalue weighted by Gasteiger charge is -2.32. The average Bonchev–Trinajstić information content (AvgIpc) is 3.60. The zero-order valence-corrected chi connectivity index (χ0v) is 19.1. The molecule has 5 rings (SSSR count). The lowest BCUT2D eigenvalue weighted by molar-refractivity contribution is -0.135. The molecule has 2 heterocycles. The van der Waals surface area contributed by atoms with Gasteiger partial charge in [-0.3, -0.25) is 9.59 Å². The summed E-state index contributed by atoms with van der Waals surface area (Å²) in [5.74, 6) is 0.988. The summed E-state index contributed by atoms with van der Waals surface area (Å²) in [7, 11) is 1.66. The molecule has 1 aliphatic heterocycles. The number of piperidine rings is 1. The van der Waals surface area contributed by atoms with Crippen molar-refractivity contribution in [3.05, 3.63) is 54.1 Å². The minimum Gasteiger partial charge on any atom is -0.497 e. The van der Waals surface area contributed by atoms with Crippen molar-refractivity contribution in [1.29, 1.82) is 0 Å². The molecule has 0 radical (unpaired) electrons. The van der Waals surface area contributed by atoms with E-state index in [1.54, 1.807) is 7.11 Å². The molecule has 2 aromatic carbocycles. The van der Waals surface area contributed by atoms with Gasteiger partial charge in [-0.25, -0.2) is 0 Å². The van der Waals surface area contributed by atoms with Crippen molar-refractivity contribution >= 4 is 22.7 Å². The molecule has 3 aromatic rings. The van der Waals surface area contributed by atoms with Gasteiger partial charge in [0.05, 0.1) is 13.0 Å². The van der Waals surface area contributed by atoms with E-state index in [2.05, 4.69) is 22.4 Å². The Morgan fingerprint density at radius 1 is 1.09 bits per heavy atom. The molecule has 1 unspecified atom stereocenters. The number of carbonyl (C=O) groups excluding carboxylic acids is 2. The first-order chi connectivity index (χ1) is 16.1. The highest BCUT2D eigenvalue weighted by Gasteiger charge is 2.32. The molecule has 33 heavy (non-hydrogen) atoms. The van der Waals surface area contributed by atoms with Crippen LogP contribution in [-0.2, 0) is 16.0 Å². The number of benzene rings is 2. The predicted molar refractivity (Wildman–Crippen MR) is 129 cm³/mol. The highest BCUT2D eigenvalue weighted by Crippen LogP contribution is 2.32. The fourth-order valence-corrected chi connectivity index (χ4v) is 4.82. The summed E-state index contributed by atoms with van der Waals surface area (Å²) in [6, 6.07) is 16.6. The Labute approximate surface area is 194 Å². The van der Waals surface area contributed by atoms with Crippen molar-refractivity contribution in [2.75, 3.05) is 20.2 Å². The average molecular weight is 446 g/mol. The molecule has 2 fully saturated rings. The van der Waals surface area contributed by atoms with Gasteiger partial charge in [-0.15, -0.1) is 0 Å². The molecule has 2 aliphatic rings. The second-order valence-electron chi connectivity index (χ2n) is 9.21. The minimum absolute atomic E-state index is 0.0775. The first-order valence-corrected chi connectivity index (χ1v) is 11.9. The van der Waals surface area contributed by atoms with Crippen LogP contribution in [0, 0.1) is 5.92 Å². The van der Waals surface area contributed by atoms with E-state index < -0.39 is 0 Å². The van der Waals surface area contributed by atoms with Crippen LogP contribution in [0.25, 0.3) is 22.2 Å². The van der Waals surface area contributed by atoms with Gasteiger partial charge in [-0.1, -0.05) is 18.2 Å². The van der Waals surface area contributed by atoms with E-state index in [4.69, 9.17) is 4.74 Å². The molecule has 2 N–H and O–H groups in total. The van der Waals surface area contributed by atoms with Crippen LogP contribution < -0.4 is 10.1 Å². The summed E-state index contributed by atoms with van der Waals surface area (Å²) in [4.78, 5) is 31.1. The van der Waals surface area contributed by atoms with Crippen molar-refractivity contribution in [1.82, 2.24) is 15.2 Å². The first-order valence-electron chi connectivity index (χ1n) is 11.9. The third kappa shape index (κ3) is 4.75. The maximum Gasteiger partial charge on any atom is 0.225 e. The Hall–Kier alpha value is -3.28. The van der Waals surface area contributed by atoms with E-state index in [0.717, 1.165) is 65.7 Å². The summed E-state index contributed by atoms with van der Waals surface area (Å²) in [5, 5.41) is 4.25. The van der Waals surface area contributed by atoms with Crippen LogP contribution in [0.15, 0.2) is 48.5 Å². The second-order valence-corrected chi connectivity index (χ2v) is 9.21. The number of carbonyl (C=O) groups is 2. The number of fused-ring (bicyclic) bond motifs is 1. The number of H-pyrrole nitrogens is 1. The SMILES string of the molecule is COc1ccc(-c2[nH]c3ccccc3c2CCC(=O)N2CCCC(C(=O)NC3CC3)C2)cc1. The second kappa shape index (κ2) is 9.30. The van der Waals surface area contributed by atoms with Gasteiger partial charge >= 0.3 is 0 Å². The number of hydrogen-bond acceptors (Lipinski definition) is 3. The number of nitrogens with one attached hydrogen (secondary N) is 2. The standard InChI is InChI=1S/C27H31N3O3/c1-33-21-12-8-18(9-13-21)26-23(22-6-2-3-7-24(22)29-26)14-15-25(31)30-16-4-5-19(17-30)27(32)28-20-10-11-20/h2-3,6-9,12-13,19-20,29H,4-5,10-11,14-17H2,1H3,(H,28,32). The lowest BCUT2D eigenvalue weighted by Crippen LogP contribution is -2.45. The normalized spacial score (nSPS) is 18.3. The number of aryl methyl sites for hydroxylation is 1. The number of rotatable bonds is 7. The Kier molecular flexibility index (Phi) is 6.07. The number of nitrogens with zero attached hydrogens (tertiary/aromatic N) is 1. The quantitative estimate of drug-likeness (QED) is 0.570. The Morgan fingerprint density at radius 3 is 2.64 bits per heavy atom. The number of aromatic nitrogens is 1. The van der Waals surface area contributed by atoms with Crippen LogP contribution in [0.3, 0.4) is 0 Å². The van der Waals surface area contributed by atoms with E-state index >= 15 is 0 Å². The Morgan fingerprint density at radius 2 is 1.88 bits per heavy atom. The van der Waals surface area contributed by atoms with Gasteiger partial charge in [0.1, 0.15) is 5.75 Å². The molecule has 172 valence electrons. The summed E-state index contributed by atoms with van der Waals surface area (Å²) < 4.78 is 5.30. The van der Waals surface area contributed by atoms with Crippen molar-refractivity contribution in [2.24, 2.45) is 5.92 Å². The third-order valence-electron chi connectivity index (χ3n) is 6.85. The summed E-state index contributed by atoms with van der Waals surface area (Å²) in [6.45, 7) is 1.28. The predicted octanol–water partition coefficient (Wildman–Crippen LogP) is 4.29. The van der Waals surface area contributed by atoms with E-state index in [9.17, 15) is 9.59 Å². The lowest BCUT2D eigenvalue weighted by atomic mass is 9.96. The van der Waals surface area contributed by atoms with E-state index in [1.165, 1.54) is 0 Å². The monoisotopic (exact) mass is 445 g/mol. The molecule has 2 amide bonds. The van der Waals surface area contributed by atoms with Gasteiger partial charge in [-0.05, 0) is 73.6 Å². The van der Waals surface area contributed by atoms with E-state index in [0.29, 0.717) is 25.4 Å². The van der Waals surface area contributed by atoms with Crippen LogP contribution >= 0.6 is 0 Å². The molecule has 0 spiro atoms. The highest BCUT2D eigenvalue weighted by atomic mass is 16.5. The Balaban J connectivity index is 1.31. The highest BCUT2D eigenvalue weighted by molar-refractivity contribution is 5.91. The number of aromatic amines is 1. The van der Waals surface area contributed by atoms with E-state index in [1.807, 2.05) is 41.3 Å². The molecule has 1 aromatic heterocycles. The van der Waals surface area contributed by atoms with Crippen molar-refractivity contribution in [3.63, 3.8) is 0 Å². The topological polar surface area (TPSA) is 74.4 Å². The zero-order valence-electron chi connectivity index (χ0n) is 19.1. The molecular formula is C27H31N3O3. The fourth-order valence-electron chi connectivity index (χ4n) is 4.82. The van der Waals surface area contributed by atoms with Gasteiger partial charge in [0.2, 0.25) is 11.8 Å². The number of para-hydroxylation sites is 1. The molecule has 1 saturated carbocycles. The van der Waals surface area contributed by atoms with Crippen LogP contribution in [0.1, 0.15) is 37.7 Å². The van der Waals surface area contributed by atoms with Gasteiger partial charge < -0.3 is 19.9 Å². The fraction of sp³-hybridized carbons (Fsp3) is 0.407. The molecule has 0 bridgehead atoms. The van der Waals surface area contributed by atoms with Crippen molar-refractivity contribution in [2.45, 2.75) is 44.6 Å². The summed E-state index contributed by atoms with van der Waals surface area (Å²) in [5.41, 5.74) is 4.35. The Bertz CT molecular complexity index is 1150. The maximum absolute atomic E-state index is 13.1. The van der Waals surface area contributed by atoms with Crippen molar-refractivity contribution < 1.29 is 14.3 Å². The minimum atomic E-state index is -0.0775. The van der Waals surface area contributed by atoms with Crippen LogP contribution in [0.5, 0.6) is 5.75 Å². The molecule has 1 atom stereocenters.